The van der Waals surface area contributed by atoms with Gasteiger partial charge in [0.05, 0.1) is 0 Å². The molecular weight excluding hydrogens is 320 g/mol. The maximum atomic E-state index is 12.3. The highest BCUT2D eigenvalue weighted by molar-refractivity contribution is 9.10. The number of likely N-dealkylation sites (tertiary alicyclic amines) is 1. The van der Waals surface area contributed by atoms with Gasteiger partial charge in [-0.1, -0.05) is 22.0 Å². The predicted octanol–water partition coefficient (Wildman–Crippen LogP) is 2.41. The molecule has 1 atom stereocenters. The quantitative estimate of drug-likeness (QED) is 0.915. The van der Waals surface area contributed by atoms with Crippen molar-refractivity contribution in [2.75, 3.05) is 19.6 Å². The summed E-state index contributed by atoms with van der Waals surface area (Å²) in [5.41, 5.74) is 5.67. The maximum Gasteiger partial charge on any atom is 0.263 e. The second-order valence-corrected chi connectivity index (χ2v) is 6.14. The lowest BCUT2D eigenvalue weighted by Crippen LogP contribution is -2.45. The van der Waals surface area contributed by atoms with Gasteiger partial charge in [0.25, 0.3) is 5.91 Å². The Morgan fingerprint density at radius 3 is 2.80 bits per heavy atom. The molecule has 1 aromatic rings. The highest BCUT2D eigenvalue weighted by Gasteiger charge is 2.26. The molecule has 1 saturated heterocycles. The number of carbonyl (C=O) groups excluding carboxylic acids is 1. The molecule has 0 bridgehead atoms. The molecule has 0 radical (unpaired) electrons. The normalized spacial score (nSPS) is 17.9. The summed E-state index contributed by atoms with van der Waals surface area (Å²) in [6, 6.07) is 7.54. The molecule has 0 saturated carbocycles. The van der Waals surface area contributed by atoms with Gasteiger partial charge in [-0.3, -0.25) is 4.79 Å². The molecule has 5 heteroatoms. The Balaban J connectivity index is 1.89. The summed E-state index contributed by atoms with van der Waals surface area (Å²) < 4.78 is 6.66. The van der Waals surface area contributed by atoms with Crippen LogP contribution in [0.3, 0.4) is 0 Å². The Labute approximate surface area is 128 Å². The molecule has 0 aromatic heterocycles. The Hall–Kier alpha value is -1.07. The summed E-state index contributed by atoms with van der Waals surface area (Å²) in [6.07, 6.45) is 1.52. The number of hydrogen-bond acceptors (Lipinski definition) is 3. The van der Waals surface area contributed by atoms with Gasteiger partial charge in [0, 0.05) is 17.6 Å². The van der Waals surface area contributed by atoms with Crippen LogP contribution in [0.2, 0.25) is 0 Å². The fraction of sp³-hybridized carbons (Fsp3) is 0.533. The number of nitrogens with two attached hydrogens (primary N) is 1. The fourth-order valence-corrected chi connectivity index (χ4v) is 2.82. The molecule has 1 aliphatic heterocycles. The van der Waals surface area contributed by atoms with Crippen LogP contribution in [0.5, 0.6) is 5.75 Å². The number of halogens is 1. The molecule has 2 rings (SSSR count). The van der Waals surface area contributed by atoms with Crippen molar-refractivity contribution in [2.45, 2.75) is 25.9 Å². The van der Waals surface area contributed by atoms with E-state index in [9.17, 15) is 4.79 Å². The average molecular weight is 341 g/mol. The maximum absolute atomic E-state index is 12.3. The minimum atomic E-state index is -0.460. The van der Waals surface area contributed by atoms with Gasteiger partial charge in [-0.05, 0) is 50.4 Å². The summed E-state index contributed by atoms with van der Waals surface area (Å²) in [4.78, 5) is 14.2. The molecule has 0 aliphatic carbocycles. The number of piperidine rings is 1. The third-order valence-corrected chi connectivity index (χ3v) is 4.21. The minimum Gasteiger partial charge on any atom is -0.481 e. The van der Waals surface area contributed by atoms with Crippen molar-refractivity contribution in [1.29, 1.82) is 0 Å². The fourth-order valence-electron chi connectivity index (χ4n) is 2.44. The van der Waals surface area contributed by atoms with E-state index in [2.05, 4.69) is 15.9 Å². The van der Waals surface area contributed by atoms with E-state index in [1.165, 1.54) is 0 Å². The van der Waals surface area contributed by atoms with Crippen LogP contribution in [0.15, 0.2) is 28.7 Å². The number of rotatable bonds is 4. The molecule has 2 N–H and O–H groups in total. The molecule has 1 heterocycles. The standard InChI is InChI=1S/C15H21BrN2O2/c1-11(20-14-4-2-3-13(16)9-14)15(19)18-7-5-12(10-17)6-8-18/h2-4,9,11-12H,5-8,10,17H2,1H3. The molecule has 1 aliphatic rings. The monoisotopic (exact) mass is 340 g/mol. The van der Waals surface area contributed by atoms with Crippen LogP contribution in [-0.2, 0) is 4.79 Å². The van der Waals surface area contributed by atoms with Crippen LogP contribution in [0, 0.1) is 5.92 Å². The van der Waals surface area contributed by atoms with Gasteiger partial charge in [-0.25, -0.2) is 0 Å². The van der Waals surface area contributed by atoms with Crippen LogP contribution in [0.4, 0.5) is 0 Å². The largest absolute Gasteiger partial charge is 0.481 e. The molecule has 1 fully saturated rings. The summed E-state index contributed by atoms with van der Waals surface area (Å²) in [5.74, 6) is 1.32. The zero-order valence-corrected chi connectivity index (χ0v) is 13.3. The highest BCUT2D eigenvalue weighted by Crippen LogP contribution is 2.21. The predicted molar refractivity (Wildman–Crippen MR) is 82.6 cm³/mol. The third kappa shape index (κ3) is 3.96. The van der Waals surface area contributed by atoms with Gasteiger partial charge < -0.3 is 15.4 Å². The summed E-state index contributed by atoms with van der Waals surface area (Å²) in [7, 11) is 0. The van der Waals surface area contributed by atoms with Crippen molar-refractivity contribution < 1.29 is 9.53 Å². The zero-order chi connectivity index (χ0) is 14.5. The van der Waals surface area contributed by atoms with Crippen molar-refractivity contribution in [2.24, 2.45) is 11.7 Å². The Bertz CT molecular complexity index is 459. The number of amides is 1. The minimum absolute atomic E-state index is 0.0560. The number of nitrogens with zero attached hydrogens (tertiary/aromatic N) is 1. The van der Waals surface area contributed by atoms with E-state index in [-0.39, 0.29) is 5.91 Å². The highest BCUT2D eigenvalue weighted by atomic mass is 79.9. The molecule has 4 nitrogen and oxygen atoms in total. The van der Waals surface area contributed by atoms with E-state index >= 15 is 0 Å². The first kappa shape index (κ1) is 15.3. The first-order valence-electron chi connectivity index (χ1n) is 7.01. The number of hydrogen-bond donors (Lipinski definition) is 1. The van der Waals surface area contributed by atoms with Crippen molar-refractivity contribution in [3.63, 3.8) is 0 Å². The third-order valence-electron chi connectivity index (χ3n) is 3.72. The Kier molecular flexibility index (Phi) is 5.43. The van der Waals surface area contributed by atoms with Gasteiger partial charge in [-0.2, -0.15) is 0 Å². The van der Waals surface area contributed by atoms with Crippen molar-refractivity contribution in [1.82, 2.24) is 4.90 Å². The van der Waals surface area contributed by atoms with Crippen molar-refractivity contribution in [3.05, 3.63) is 28.7 Å². The smallest absolute Gasteiger partial charge is 0.263 e. The van der Waals surface area contributed by atoms with E-state index in [0.717, 1.165) is 30.4 Å². The van der Waals surface area contributed by atoms with E-state index in [1.807, 2.05) is 29.2 Å². The summed E-state index contributed by atoms with van der Waals surface area (Å²) in [5, 5.41) is 0. The van der Waals surface area contributed by atoms with Crippen LogP contribution in [-0.4, -0.2) is 36.5 Å². The molecule has 0 spiro atoms. The summed E-state index contributed by atoms with van der Waals surface area (Å²) >= 11 is 3.39. The van der Waals surface area contributed by atoms with Crippen molar-refractivity contribution in [3.8, 4) is 5.75 Å². The lowest BCUT2D eigenvalue weighted by atomic mass is 9.97. The van der Waals surface area contributed by atoms with E-state index in [0.29, 0.717) is 18.2 Å². The van der Waals surface area contributed by atoms with E-state index < -0.39 is 6.10 Å². The molecule has 1 amide bonds. The summed E-state index contributed by atoms with van der Waals surface area (Å²) in [6.45, 7) is 4.09. The lowest BCUT2D eigenvalue weighted by Gasteiger charge is -2.33. The van der Waals surface area contributed by atoms with E-state index in [4.69, 9.17) is 10.5 Å². The van der Waals surface area contributed by atoms with Gasteiger partial charge in [0.1, 0.15) is 5.75 Å². The molecular formula is C15H21BrN2O2. The van der Waals surface area contributed by atoms with Gasteiger partial charge in [0.15, 0.2) is 6.10 Å². The SMILES string of the molecule is CC(Oc1cccc(Br)c1)C(=O)N1CCC(CN)CC1. The Morgan fingerprint density at radius 1 is 1.50 bits per heavy atom. The van der Waals surface area contributed by atoms with Gasteiger partial charge in [0.2, 0.25) is 0 Å². The van der Waals surface area contributed by atoms with Crippen LogP contribution in [0.1, 0.15) is 19.8 Å². The topological polar surface area (TPSA) is 55.6 Å². The van der Waals surface area contributed by atoms with E-state index in [1.54, 1.807) is 6.92 Å². The van der Waals surface area contributed by atoms with Crippen LogP contribution >= 0.6 is 15.9 Å². The van der Waals surface area contributed by atoms with Gasteiger partial charge in [-0.15, -0.1) is 0 Å². The second-order valence-electron chi connectivity index (χ2n) is 5.22. The number of benzene rings is 1. The molecule has 20 heavy (non-hydrogen) atoms. The Morgan fingerprint density at radius 2 is 2.20 bits per heavy atom. The van der Waals surface area contributed by atoms with Crippen LogP contribution < -0.4 is 10.5 Å². The first-order valence-corrected chi connectivity index (χ1v) is 7.80. The average Bonchev–Trinajstić information content (AvgIpc) is 2.46. The zero-order valence-electron chi connectivity index (χ0n) is 11.7. The van der Waals surface area contributed by atoms with Crippen molar-refractivity contribution >= 4 is 21.8 Å². The molecule has 1 unspecified atom stereocenters. The van der Waals surface area contributed by atoms with Gasteiger partial charge >= 0.3 is 0 Å². The second kappa shape index (κ2) is 7.09. The first-order chi connectivity index (χ1) is 9.60. The molecule has 1 aromatic carbocycles. The van der Waals surface area contributed by atoms with Crippen LogP contribution in [0.25, 0.3) is 0 Å². The number of ether oxygens (including phenoxy) is 1. The lowest BCUT2D eigenvalue weighted by molar-refractivity contribution is -0.139. The number of carbonyl (C=O) groups is 1. The molecule has 110 valence electrons.